The number of anilines is 1. The van der Waals surface area contributed by atoms with Crippen molar-refractivity contribution >= 4 is 28.4 Å². The fraction of sp³-hybridized carbons (Fsp3) is 0.412. The van der Waals surface area contributed by atoms with Gasteiger partial charge in [0.1, 0.15) is 0 Å². The Morgan fingerprint density at radius 2 is 1.79 bits per heavy atom. The van der Waals surface area contributed by atoms with Crippen molar-refractivity contribution in [3.05, 3.63) is 89.9 Å². The van der Waals surface area contributed by atoms with Crippen LogP contribution < -0.4 is 10.2 Å². The number of carbonyl (C=O) groups excluding carboxylic acids is 2. The molecule has 0 unspecified atom stereocenters. The van der Waals surface area contributed by atoms with Crippen LogP contribution in [0.25, 0.3) is 10.9 Å². The van der Waals surface area contributed by atoms with Crippen LogP contribution in [-0.2, 0) is 24.3 Å². The first-order valence-corrected chi connectivity index (χ1v) is 15.4. The largest absolute Gasteiger partial charge is 0.346 e. The topological polar surface area (TPSA) is 83.4 Å². The maximum atomic E-state index is 13.4. The van der Waals surface area contributed by atoms with Gasteiger partial charge in [-0.15, -0.1) is 0 Å². The minimum absolute atomic E-state index is 0.0714. The molecule has 42 heavy (non-hydrogen) atoms. The summed E-state index contributed by atoms with van der Waals surface area (Å²) in [7, 11) is 0. The van der Waals surface area contributed by atoms with Gasteiger partial charge in [-0.1, -0.05) is 48.5 Å². The molecule has 8 nitrogen and oxygen atoms in total. The highest BCUT2D eigenvalue weighted by molar-refractivity contribution is 6.05. The van der Waals surface area contributed by atoms with Gasteiger partial charge in [0.15, 0.2) is 5.69 Å². The molecule has 2 amide bonds. The molecule has 1 aliphatic carbocycles. The molecule has 2 aliphatic heterocycles. The van der Waals surface area contributed by atoms with Gasteiger partial charge >= 0.3 is 0 Å². The van der Waals surface area contributed by atoms with Crippen LogP contribution in [0.2, 0.25) is 0 Å². The van der Waals surface area contributed by atoms with Crippen LogP contribution in [0, 0.1) is 11.8 Å². The summed E-state index contributed by atoms with van der Waals surface area (Å²) >= 11 is 0. The van der Waals surface area contributed by atoms with Crippen molar-refractivity contribution in [3.8, 4) is 0 Å². The summed E-state index contributed by atoms with van der Waals surface area (Å²) in [6.07, 6.45) is 9.65. The highest BCUT2D eigenvalue weighted by Crippen LogP contribution is 2.35. The Labute approximate surface area is 246 Å². The van der Waals surface area contributed by atoms with Gasteiger partial charge in [0.05, 0.1) is 17.2 Å². The standard InChI is InChI=1S/C34H38N6O2/c41-33-32-31(40(34(42)26-11-12-26)22-28(36-33)20-25-6-2-1-3-7-25)23-39(37-32)19-15-24-13-17-38(18-14-24)21-27-8-4-10-30-29(27)9-5-16-35-30/h1-10,16,23-24,26,28H,11-15,17-22H2,(H,36,41)/t28-/m0/s1. The molecule has 1 saturated heterocycles. The molecule has 3 aliphatic rings. The number of benzene rings is 2. The van der Waals surface area contributed by atoms with Crippen LogP contribution in [-0.4, -0.2) is 57.2 Å². The Morgan fingerprint density at radius 3 is 2.60 bits per heavy atom. The maximum absolute atomic E-state index is 13.4. The van der Waals surface area contributed by atoms with Gasteiger partial charge in [0.2, 0.25) is 5.91 Å². The summed E-state index contributed by atoms with van der Waals surface area (Å²) in [6, 6.07) is 20.6. The van der Waals surface area contributed by atoms with Crippen molar-refractivity contribution < 1.29 is 9.59 Å². The molecule has 2 aromatic heterocycles. The summed E-state index contributed by atoms with van der Waals surface area (Å²) in [4.78, 5) is 35.6. The monoisotopic (exact) mass is 562 g/mol. The first-order valence-electron chi connectivity index (χ1n) is 15.4. The van der Waals surface area contributed by atoms with Crippen molar-refractivity contribution in [1.29, 1.82) is 0 Å². The molecule has 7 rings (SSSR count). The zero-order valence-electron chi connectivity index (χ0n) is 24.0. The zero-order chi connectivity index (χ0) is 28.5. The van der Waals surface area contributed by atoms with Crippen LogP contribution in [0.5, 0.6) is 0 Å². The lowest BCUT2D eigenvalue weighted by atomic mass is 9.93. The summed E-state index contributed by atoms with van der Waals surface area (Å²) in [5.74, 6) is 0.627. The lowest BCUT2D eigenvalue weighted by Gasteiger charge is -2.32. The van der Waals surface area contributed by atoms with E-state index in [0.717, 1.165) is 69.4 Å². The molecule has 4 aromatic rings. The van der Waals surface area contributed by atoms with Crippen molar-refractivity contribution in [3.63, 3.8) is 0 Å². The molecule has 216 valence electrons. The number of pyridine rings is 1. The summed E-state index contributed by atoms with van der Waals surface area (Å²) in [5.41, 5.74) is 4.58. The molecule has 2 aromatic carbocycles. The predicted octanol–water partition coefficient (Wildman–Crippen LogP) is 4.83. The second-order valence-corrected chi connectivity index (χ2v) is 12.2. The van der Waals surface area contributed by atoms with Gasteiger partial charge in [-0.3, -0.25) is 24.2 Å². The smallest absolute Gasteiger partial charge is 0.274 e. The third kappa shape index (κ3) is 5.81. The van der Waals surface area contributed by atoms with E-state index in [1.807, 2.05) is 46.2 Å². The van der Waals surface area contributed by atoms with Crippen LogP contribution in [0.4, 0.5) is 5.69 Å². The Hall–Kier alpha value is -4.04. The minimum atomic E-state index is -0.187. The second-order valence-electron chi connectivity index (χ2n) is 12.2. The van der Waals surface area contributed by atoms with Crippen LogP contribution in [0.3, 0.4) is 0 Å². The van der Waals surface area contributed by atoms with Crippen molar-refractivity contribution in [1.82, 2.24) is 25.0 Å². The van der Waals surface area contributed by atoms with E-state index >= 15 is 0 Å². The summed E-state index contributed by atoms with van der Waals surface area (Å²) in [6.45, 7) is 4.32. The molecule has 1 saturated carbocycles. The molecular weight excluding hydrogens is 524 g/mol. The van der Waals surface area contributed by atoms with Crippen LogP contribution in [0.1, 0.15) is 53.7 Å². The van der Waals surface area contributed by atoms with E-state index in [1.165, 1.54) is 10.9 Å². The first-order chi connectivity index (χ1) is 20.6. The normalized spacial score (nSPS) is 19.9. The average Bonchev–Trinajstić information content (AvgIpc) is 3.80. The van der Waals surface area contributed by atoms with Crippen molar-refractivity contribution in [2.45, 2.75) is 57.7 Å². The SMILES string of the molecule is O=C1N[C@@H](Cc2ccccc2)CN(C(=O)C2CC2)c2cn(CCC3CCN(Cc4cccc5ncccc45)CC3)nc21. The van der Waals surface area contributed by atoms with E-state index in [4.69, 9.17) is 5.10 Å². The number of rotatable bonds is 8. The molecule has 0 spiro atoms. The van der Waals surface area contributed by atoms with Gasteiger partial charge in [-0.25, -0.2) is 0 Å². The van der Waals surface area contributed by atoms with Gasteiger partial charge in [0, 0.05) is 43.3 Å². The quantitative estimate of drug-likeness (QED) is 0.333. The third-order valence-electron chi connectivity index (χ3n) is 9.11. The van der Waals surface area contributed by atoms with E-state index in [9.17, 15) is 9.59 Å². The lowest BCUT2D eigenvalue weighted by Crippen LogP contribution is -2.44. The summed E-state index contributed by atoms with van der Waals surface area (Å²) < 4.78 is 1.89. The molecule has 1 N–H and O–H groups in total. The number of fused-ring (bicyclic) bond motifs is 2. The molecule has 2 fully saturated rings. The molecule has 4 heterocycles. The molecular formula is C34H38N6O2. The predicted molar refractivity (Wildman–Crippen MR) is 163 cm³/mol. The number of carbonyl (C=O) groups is 2. The van der Waals surface area contributed by atoms with Gasteiger partial charge in [-0.2, -0.15) is 5.10 Å². The van der Waals surface area contributed by atoms with Crippen LogP contribution >= 0.6 is 0 Å². The Balaban J connectivity index is 0.984. The minimum Gasteiger partial charge on any atom is -0.346 e. The average molecular weight is 563 g/mol. The van der Waals surface area contributed by atoms with E-state index in [2.05, 4.69) is 51.6 Å². The Kier molecular flexibility index (Phi) is 7.46. The fourth-order valence-electron chi connectivity index (χ4n) is 6.57. The highest BCUT2D eigenvalue weighted by atomic mass is 16.2. The molecule has 1 atom stereocenters. The number of aromatic nitrogens is 3. The number of piperidine rings is 1. The van der Waals surface area contributed by atoms with Gasteiger partial charge in [0.25, 0.3) is 5.91 Å². The Morgan fingerprint density at radius 1 is 0.952 bits per heavy atom. The lowest BCUT2D eigenvalue weighted by molar-refractivity contribution is -0.119. The zero-order valence-corrected chi connectivity index (χ0v) is 24.0. The third-order valence-corrected chi connectivity index (χ3v) is 9.11. The first kappa shape index (κ1) is 26.8. The van der Waals surface area contributed by atoms with E-state index in [-0.39, 0.29) is 23.8 Å². The van der Waals surface area contributed by atoms with E-state index in [0.29, 0.717) is 30.3 Å². The van der Waals surface area contributed by atoms with Crippen molar-refractivity contribution in [2.75, 3.05) is 24.5 Å². The Bertz CT molecular complexity index is 1570. The highest BCUT2D eigenvalue weighted by Gasteiger charge is 2.39. The number of likely N-dealkylation sites (tertiary alicyclic amines) is 1. The molecule has 0 bridgehead atoms. The number of aryl methyl sites for hydroxylation is 1. The summed E-state index contributed by atoms with van der Waals surface area (Å²) in [5, 5.41) is 9.13. The molecule has 8 heteroatoms. The van der Waals surface area contributed by atoms with Gasteiger partial charge < -0.3 is 10.2 Å². The maximum Gasteiger partial charge on any atom is 0.274 e. The van der Waals surface area contributed by atoms with Crippen LogP contribution in [0.15, 0.2) is 73.1 Å². The fourth-order valence-corrected chi connectivity index (χ4v) is 6.57. The second kappa shape index (κ2) is 11.7. The number of amides is 2. The van der Waals surface area contributed by atoms with Crippen molar-refractivity contribution in [2.24, 2.45) is 11.8 Å². The molecule has 0 radical (unpaired) electrons. The number of hydrogen-bond acceptors (Lipinski definition) is 5. The van der Waals surface area contributed by atoms with E-state index in [1.54, 1.807) is 0 Å². The number of hydrogen-bond donors (Lipinski definition) is 1. The number of nitrogens with zero attached hydrogens (tertiary/aromatic N) is 5. The van der Waals surface area contributed by atoms with E-state index < -0.39 is 0 Å². The van der Waals surface area contributed by atoms with Gasteiger partial charge in [-0.05, 0) is 80.8 Å². The number of nitrogens with one attached hydrogen (secondary N) is 1.